The van der Waals surface area contributed by atoms with Crippen molar-refractivity contribution in [2.45, 2.75) is 13.0 Å². The van der Waals surface area contributed by atoms with E-state index in [0.29, 0.717) is 21.1 Å². The zero-order valence-corrected chi connectivity index (χ0v) is 12.9. The Kier molecular flexibility index (Phi) is 4.20. The Labute approximate surface area is 134 Å². The summed E-state index contributed by atoms with van der Waals surface area (Å²) in [7, 11) is 0. The number of benzene rings is 2. The second-order valence-corrected chi connectivity index (χ2v) is 5.86. The summed E-state index contributed by atoms with van der Waals surface area (Å²) >= 11 is 1.18. The third kappa shape index (κ3) is 3.62. The van der Waals surface area contributed by atoms with Crippen molar-refractivity contribution in [3.63, 3.8) is 0 Å². The zero-order valence-electron chi connectivity index (χ0n) is 12.0. The van der Waals surface area contributed by atoms with Crippen LogP contribution >= 0.6 is 11.3 Å². The highest BCUT2D eigenvalue weighted by Gasteiger charge is 2.17. The van der Waals surface area contributed by atoms with Crippen molar-refractivity contribution in [1.29, 1.82) is 0 Å². The molecule has 0 radical (unpaired) electrons. The number of anilines is 1. The summed E-state index contributed by atoms with van der Waals surface area (Å²) in [5.41, 5.74) is 0.610. The van der Waals surface area contributed by atoms with Gasteiger partial charge >= 0.3 is 0 Å². The summed E-state index contributed by atoms with van der Waals surface area (Å²) in [6, 6.07) is 9.62. The first-order valence-electron chi connectivity index (χ1n) is 6.80. The maximum absolute atomic E-state index is 13.2. The van der Waals surface area contributed by atoms with E-state index in [9.17, 15) is 13.6 Å². The fraction of sp³-hybridized carbons (Fsp3) is 0.125. The Bertz CT molecular complexity index is 849. The van der Waals surface area contributed by atoms with Gasteiger partial charge in [0.15, 0.2) is 11.2 Å². The summed E-state index contributed by atoms with van der Waals surface area (Å²) in [5.74, 6) is -0.738. The van der Waals surface area contributed by atoms with Crippen LogP contribution in [0.15, 0.2) is 42.5 Å². The van der Waals surface area contributed by atoms with E-state index in [1.54, 1.807) is 13.0 Å². The van der Waals surface area contributed by atoms with Crippen molar-refractivity contribution >= 4 is 32.6 Å². The molecule has 2 aromatic carbocycles. The molecule has 1 atom stereocenters. The monoisotopic (exact) mass is 334 g/mol. The van der Waals surface area contributed by atoms with E-state index in [1.807, 2.05) is 0 Å². The highest BCUT2D eigenvalue weighted by molar-refractivity contribution is 7.22. The smallest absolute Gasteiger partial charge is 0.266 e. The van der Waals surface area contributed by atoms with Crippen molar-refractivity contribution in [2.75, 3.05) is 5.32 Å². The minimum atomic E-state index is -0.788. The number of hydrogen-bond acceptors (Lipinski definition) is 4. The number of aromatic nitrogens is 1. The van der Waals surface area contributed by atoms with Gasteiger partial charge < -0.3 is 4.74 Å². The number of hydrogen-bond donors (Lipinski definition) is 1. The van der Waals surface area contributed by atoms with Gasteiger partial charge in [-0.1, -0.05) is 11.3 Å². The highest BCUT2D eigenvalue weighted by Crippen LogP contribution is 2.26. The Morgan fingerprint density at radius 3 is 2.61 bits per heavy atom. The Balaban J connectivity index is 1.68. The lowest BCUT2D eigenvalue weighted by Gasteiger charge is -2.13. The van der Waals surface area contributed by atoms with Gasteiger partial charge in [0, 0.05) is 0 Å². The highest BCUT2D eigenvalue weighted by atomic mass is 32.1. The summed E-state index contributed by atoms with van der Waals surface area (Å²) in [6.07, 6.45) is -0.788. The van der Waals surface area contributed by atoms with Crippen molar-refractivity contribution in [3.05, 3.63) is 54.1 Å². The lowest BCUT2D eigenvalue weighted by atomic mass is 10.3. The van der Waals surface area contributed by atoms with E-state index in [4.69, 9.17) is 4.74 Å². The number of nitrogens with one attached hydrogen (secondary N) is 1. The fourth-order valence-electron chi connectivity index (χ4n) is 1.93. The van der Waals surface area contributed by atoms with Crippen LogP contribution in [0, 0.1) is 11.6 Å². The molecule has 1 amide bonds. The molecule has 0 spiro atoms. The van der Waals surface area contributed by atoms with E-state index in [2.05, 4.69) is 10.3 Å². The molecule has 7 heteroatoms. The number of thiazole rings is 1. The topological polar surface area (TPSA) is 51.2 Å². The minimum Gasteiger partial charge on any atom is -0.481 e. The van der Waals surface area contributed by atoms with Crippen molar-refractivity contribution in [2.24, 2.45) is 0 Å². The van der Waals surface area contributed by atoms with Crippen LogP contribution in [0.25, 0.3) is 10.2 Å². The number of halogens is 2. The second-order valence-electron chi connectivity index (χ2n) is 4.83. The molecule has 3 aromatic rings. The molecule has 0 saturated heterocycles. The number of carbonyl (C=O) groups is 1. The predicted molar refractivity (Wildman–Crippen MR) is 84.7 cm³/mol. The average Bonchev–Trinajstić information content (AvgIpc) is 2.90. The molecule has 1 heterocycles. The molecule has 3 rings (SSSR count). The first-order valence-corrected chi connectivity index (χ1v) is 7.62. The Morgan fingerprint density at radius 1 is 1.17 bits per heavy atom. The van der Waals surface area contributed by atoms with Gasteiger partial charge in [-0.25, -0.2) is 13.8 Å². The van der Waals surface area contributed by atoms with Crippen LogP contribution in [-0.2, 0) is 4.79 Å². The number of carbonyl (C=O) groups excluding carboxylic acids is 1. The predicted octanol–water partition coefficient (Wildman–Crippen LogP) is 3.98. The van der Waals surface area contributed by atoms with E-state index >= 15 is 0 Å². The molecule has 23 heavy (non-hydrogen) atoms. The molecule has 1 N–H and O–H groups in total. The van der Waals surface area contributed by atoms with Crippen LogP contribution in [-0.4, -0.2) is 17.0 Å². The standard InChI is InChI=1S/C16H12F2N2O2S/c1-9(22-12-5-2-10(17)3-6-12)15(21)20-16-19-13-7-4-11(18)8-14(13)23-16/h2-9H,1H3,(H,19,20,21)/t9-/m1/s1. The molecular weight excluding hydrogens is 322 g/mol. The molecule has 0 aliphatic rings. The first-order chi connectivity index (χ1) is 11.0. The van der Waals surface area contributed by atoms with Crippen LogP contribution in [0.1, 0.15) is 6.92 Å². The van der Waals surface area contributed by atoms with Gasteiger partial charge in [0.1, 0.15) is 17.4 Å². The number of rotatable bonds is 4. The second kappa shape index (κ2) is 6.29. The van der Waals surface area contributed by atoms with Crippen LogP contribution in [0.4, 0.5) is 13.9 Å². The third-order valence-electron chi connectivity index (χ3n) is 3.08. The lowest BCUT2D eigenvalue weighted by molar-refractivity contribution is -0.122. The van der Waals surface area contributed by atoms with Gasteiger partial charge in [0.25, 0.3) is 5.91 Å². The molecule has 0 fully saturated rings. The van der Waals surface area contributed by atoms with E-state index in [-0.39, 0.29) is 11.6 Å². The minimum absolute atomic E-state index is 0.355. The molecular formula is C16H12F2N2O2S. The van der Waals surface area contributed by atoms with Crippen LogP contribution in [0.2, 0.25) is 0 Å². The molecule has 0 aliphatic carbocycles. The summed E-state index contributed by atoms with van der Waals surface area (Å²) in [5, 5.41) is 3.00. The number of nitrogens with zero attached hydrogens (tertiary/aromatic N) is 1. The van der Waals surface area contributed by atoms with Crippen molar-refractivity contribution in [3.8, 4) is 5.75 Å². The van der Waals surface area contributed by atoms with Gasteiger partial charge in [0.2, 0.25) is 0 Å². The molecule has 0 saturated carbocycles. The van der Waals surface area contributed by atoms with Gasteiger partial charge in [0.05, 0.1) is 10.2 Å². The van der Waals surface area contributed by atoms with Gasteiger partial charge in [-0.15, -0.1) is 0 Å². The molecule has 0 unspecified atom stereocenters. The summed E-state index contributed by atoms with van der Waals surface area (Å²) < 4.78 is 32.1. The van der Waals surface area contributed by atoms with E-state index in [1.165, 1.54) is 47.7 Å². The summed E-state index contributed by atoms with van der Waals surface area (Å²) in [4.78, 5) is 16.3. The van der Waals surface area contributed by atoms with Crippen molar-refractivity contribution < 1.29 is 18.3 Å². The zero-order chi connectivity index (χ0) is 16.4. The van der Waals surface area contributed by atoms with Gasteiger partial charge in [-0.2, -0.15) is 0 Å². The van der Waals surface area contributed by atoms with E-state index in [0.717, 1.165) is 0 Å². The number of amides is 1. The molecule has 0 aliphatic heterocycles. The van der Waals surface area contributed by atoms with Crippen LogP contribution < -0.4 is 10.1 Å². The number of fused-ring (bicyclic) bond motifs is 1. The summed E-state index contributed by atoms with van der Waals surface area (Å²) in [6.45, 7) is 1.58. The van der Waals surface area contributed by atoms with Crippen LogP contribution in [0.3, 0.4) is 0 Å². The largest absolute Gasteiger partial charge is 0.481 e. The molecule has 4 nitrogen and oxygen atoms in total. The van der Waals surface area contributed by atoms with E-state index < -0.39 is 12.0 Å². The molecule has 118 valence electrons. The SMILES string of the molecule is C[C@@H](Oc1ccc(F)cc1)C(=O)Nc1nc2ccc(F)cc2s1. The number of ether oxygens (including phenoxy) is 1. The Morgan fingerprint density at radius 2 is 1.87 bits per heavy atom. The van der Waals surface area contributed by atoms with Crippen molar-refractivity contribution in [1.82, 2.24) is 4.98 Å². The van der Waals surface area contributed by atoms with Crippen LogP contribution in [0.5, 0.6) is 5.75 Å². The maximum Gasteiger partial charge on any atom is 0.266 e. The average molecular weight is 334 g/mol. The maximum atomic E-state index is 13.2. The first kappa shape index (κ1) is 15.4. The third-order valence-corrected chi connectivity index (χ3v) is 4.01. The lowest BCUT2D eigenvalue weighted by Crippen LogP contribution is -2.30. The van der Waals surface area contributed by atoms with Gasteiger partial charge in [-0.3, -0.25) is 10.1 Å². The van der Waals surface area contributed by atoms with Gasteiger partial charge in [-0.05, 0) is 49.4 Å². The quantitative estimate of drug-likeness (QED) is 0.785. The molecule has 0 bridgehead atoms. The normalized spacial score (nSPS) is 12.1. The fourth-order valence-corrected chi connectivity index (χ4v) is 2.82. The molecule has 1 aromatic heterocycles. The Hall–Kier alpha value is -2.54.